The molecule has 0 aromatic rings. The van der Waals surface area contributed by atoms with Gasteiger partial charge in [0.2, 0.25) is 0 Å². The quantitative estimate of drug-likeness (QED) is 0.622. The van der Waals surface area contributed by atoms with E-state index in [4.69, 9.17) is 5.11 Å². The lowest BCUT2D eigenvalue weighted by Crippen LogP contribution is -2.64. The molecule has 0 radical (unpaired) electrons. The molecule has 4 fully saturated rings. The number of carboxylic acid groups (broad SMARTS) is 1. The molecule has 10 atom stereocenters. The van der Waals surface area contributed by atoms with Crippen LogP contribution in [0, 0.1) is 45.8 Å². The van der Waals surface area contributed by atoms with Crippen LogP contribution in [0.5, 0.6) is 0 Å². The van der Waals surface area contributed by atoms with E-state index in [1.165, 1.54) is 25.7 Å². The number of aliphatic carboxylic acids is 1. The summed E-state index contributed by atoms with van der Waals surface area (Å²) < 4.78 is 0. The summed E-state index contributed by atoms with van der Waals surface area (Å²) in [5.41, 5.74) is 0.394. The van der Waals surface area contributed by atoms with Crippen LogP contribution in [0.4, 0.5) is 0 Å². The van der Waals surface area contributed by atoms with Crippen molar-refractivity contribution in [3.05, 3.63) is 0 Å². The lowest BCUT2D eigenvalue weighted by molar-refractivity contribution is -0.225. The minimum Gasteiger partial charge on any atom is -0.481 e. The second-order valence-electron chi connectivity index (χ2n) is 12.0. The standard InChI is InChI=1S/C25H42O4/c1-15(5-8-22(28)29)18-6-7-19-24(18,3)12-10-20-23(2)11-9-17(26)13-16(23)14-21(27)25(19,20)4/h15-21,26-27H,5-14H2,1-4H3,(H,28,29)/t15-,16+,17-,18-,19-,20-,21+,23+,24-,25+/m1/s1. The Morgan fingerprint density at radius 1 is 0.966 bits per heavy atom. The first-order chi connectivity index (χ1) is 13.5. The Kier molecular flexibility index (Phi) is 5.38. The van der Waals surface area contributed by atoms with Crippen LogP contribution in [0.2, 0.25) is 0 Å². The second-order valence-corrected chi connectivity index (χ2v) is 12.0. The summed E-state index contributed by atoms with van der Waals surface area (Å²) >= 11 is 0. The zero-order chi connectivity index (χ0) is 21.2. The first-order valence-corrected chi connectivity index (χ1v) is 12.1. The van der Waals surface area contributed by atoms with E-state index in [0.717, 1.165) is 32.1 Å². The molecule has 4 nitrogen and oxygen atoms in total. The molecule has 0 amide bonds. The van der Waals surface area contributed by atoms with Crippen molar-refractivity contribution >= 4 is 5.97 Å². The third-order valence-electron chi connectivity index (χ3n) is 10.9. The van der Waals surface area contributed by atoms with Gasteiger partial charge in [-0.05, 0) is 98.2 Å². The first-order valence-electron chi connectivity index (χ1n) is 12.1. The summed E-state index contributed by atoms with van der Waals surface area (Å²) in [6, 6.07) is 0. The third-order valence-corrected chi connectivity index (χ3v) is 10.9. The van der Waals surface area contributed by atoms with E-state index in [9.17, 15) is 15.0 Å². The number of hydrogen-bond donors (Lipinski definition) is 3. The van der Waals surface area contributed by atoms with Gasteiger partial charge in [0.1, 0.15) is 0 Å². The molecule has 4 rings (SSSR count). The third kappa shape index (κ3) is 3.11. The Morgan fingerprint density at radius 3 is 2.31 bits per heavy atom. The summed E-state index contributed by atoms with van der Waals surface area (Å²) in [7, 11) is 0. The summed E-state index contributed by atoms with van der Waals surface area (Å²) in [6.45, 7) is 9.57. The number of aliphatic hydroxyl groups is 2. The molecule has 4 aliphatic rings. The summed E-state index contributed by atoms with van der Waals surface area (Å²) in [5, 5.41) is 30.9. The topological polar surface area (TPSA) is 77.8 Å². The van der Waals surface area contributed by atoms with Gasteiger partial charge in [0.15, 0.2) is 0 Å². The maximum absolute atomic E-state index is 11.5. The molecule has 166 valence electrons. The van der Waals surface area contributed by atoms with Gasteiger partial charge in [-0.2, -0.15) is 0 Å². The molecule has 3 N–H and O–H groups in total. The molecule has 0 saturated heterocycles. The summed E-state index contributed by atoms with van der Waals surface area (Å²) in [6.07, 6.45) is 8.98. The normalized spacial score (nSPS) is 52.9. The fourth-order valence-corrected chi connectivity index (χ4v) is 9.39. The van der Waals surface area contributed by atoms with E-state index >= 15 is 0 Å². The number of rotatable bonds is 4. The van der Waals surface area contributed by atoms with Crippen molar-refractivity contribution in [3.8, 4) is 0 Å². The van der Waals surface area contributed by atoms with Crippen LogP contribution in [0.25, 0.3) is 0 Å². The van der Waals surface area contributed by atoms with Gasteiger partial charge >= 0.3 is 5.97 Å². The van der Waals surface area contributed by atoms with Gasteiger partial charge < -0.3 is 15.3 Å². The SMILES string of the molecule is C[C@H](CCC(=O)O)[C@H]1CC[C@@H]2[C@]1(C)CC[C@@H]1[C@@]3(C)CC[C@@H](O)C[C@H]3C[C@H](O)[C@]12C. The van der Waals surface area contributed by atoms with Crippen LogP contribution < -0.4 is 0 Å². The summed E-state index contributed by atoms with van der Waals surface area (Å²) in [5.74, 6) is 1.79. The fourth-order valence-electron chi connectivity index (χ4n) is 9.39. The van der Waals surface area contributed by atoms with Gasteiger partial charge in [-0.1, -0.05) is 27.7 Å². The molecule has 4 saturated carbocycles. The van der Waals surface area contributed by atoms with Crippen molar-refractivity contribution in [3.63, 3.8) is 0 Å². The van der Waals surface area contributed by atoms with Crippen molar-refractivity contribution in [2.24, 2.45) is 45.8 Å². The van der Waals surface area contributed by atoms with Gasteiger partial charge in [0.25, 0.3) is 0 Å². The molecule has 0 aromatic carbocycles. The zero-order valence-electron chi connectivity index (χ0n) is 18.9. The zero-order valence-corrected chi connectivity index (χ0v) is 18.9. The number of aliphatic hydroxyl groups excluding tert-OH is 2. The van der Waals surface area contributed by atoms with Gasteiger partial charge in [-0.3, -0.25) is 4.79 Å². The van der Waals surface area contributed by atoms with Crippen molar-refractivity contribution in [2.45, 2.75) is 104 Å². The predicted octanol–water partition coefficient (Wildman–Crippen LogP) is 4.87. The Morgan fingerprint density at radius 2 is 1.62 bits per heavy atom. The van der Waals surface area contributed by atoms with Crippen LogP contribution in [-0.4, -0.2) is 33.5 Å². The number of carboxylic acids is 1. The highest BCUT2D eigenvalue weighted by molar-refractivity contribution is 5.66. The summed E-state index contributed by atoms with van der Waals surface area (Å²) in [4.78, 5) is 11.1. The van der Waals surface area contributed by atoms with E-state index in [1.807, 2.05) is 0 Å². The second kappa shape index (κ2) is 7.22. The molecule has 4 heteroatoms. The molecule has 29 heavy (non-hydrogen) atoms. The van der Waals surface area contributed by atoms with Crippen molar-refractivity contribution in [1.82, 2.24) is 0 Å². The molecular formula is C25H42O4. The van der Waals surface area contributed by atoms with Crippen LogP contribution in [0.3, 0.4) is 0 Å². The van der Waals surface area contributed by atoms with Gasteiger partial charge in [0.05, 0.1) is 12.2 Å². The van der Waals surface area contributed by atoms with Crippen molar-refractivity contribution in [1.29, 1.82) is 0 Å². The molecular weight excluding hydrogens is 364 g/mol. The maximum atomic E-state index is 11.5. The highest BCUT2D eigenvalue weighted by Crippen LogP contribution is 2.72. The van der Waals surface area contributed by atoms with Crippen LogP contribution in [0.15, 0.2) is 0 Å². The molecule has 0 heterocycles. The van der Waals surface area contributed by atoms with Gasteiger partial charge in [-0.25, -0.2) is 0 Å². The molecule has 0 aliphatic heterocycles. The highest BCUT2D eigenvalue weighted by Gasteiger charge is 2.68. The van der Waals surface area contributed by atoms with Crippen molar-refractivity contribution < 1.29 is 20.1 Å². The average Bonchev–Trinajstić information content (AvgIpc) is 3.00. The lowest BCUT2D eigenvalue weighted by Gasteiger charge is -2.67. The van der Waals surface area contributed by atoms with Gasteiger partial charge in [-0.15, -0.1) is 0 Å². The van der Waals surface area contributed by atoms with E-state index in [0.29, 0.717) is 29.6 Å². The van der Waals surface area contributed by atoms with Crippen molar-refractivity contribution in [2.75, 3.05) is 0 Å². The number of hydrogen-bond acceptors (Lipinski definition) is 3. The smallest absolute Gasteiger partial charge is 0.303 e. The monoisotopic (exact) mass is 406 g/mol. The van der Waals surface area contributed by atoms with E-state index in [2.05, 4.69) is 27.7 Å². The van der Waals surface area contributed by atoms with E-state index in [-0.39, 0.29) is 34.9 Å². The minimum absolute atomic E-state index is 0.0538. The largest absolute Gasteiger partial charge is 0.481 e. The average molecular weight is 407 g/mol. The molecule has 4 aliphatic carbocycles. The van der Waals surface area contributed by atoms with E-state index < -0.39 is 5.97 Å². The van der Waals surface area contributed by atoms with Crippen LogP contribution in [-0.2, 0) is 4.79 Å². The lowest BCUT2D eigenvalue weighted by atomic mass is 9.38. The number of fused-ring (bicyclic) bond motifs is 5. The molecule has 0 bridgehead atoms. The Balaban J connectivity index is 1.62. The Hall–Kier alpha value is -0.610. The van der Waals surface area contributed by atoms with Crippen LogP contribution >= 0.6 is 0 Å². The Bertz CT molecular complexity index is 649. The minimum atomic E-state index is -0.687. The fraction of sp³-hybridized carbons (Fsp3) is 0.960. The molecule has 0 aromatic heterocycles. The van der Waals surface area contributed by atoms with Crippen LogP contribution in [0.1, 0.15) is 91.9 Å². The Labute approximate surface area is 176 Å². The van der Waals surface area contributed by atoms with E-state index in [1.54, 1.807) is 0 Å². The predicted molar refractivity (Wildman–Crippen MR) is 113 cm³/mol. The first kappa shape index (κ1) is 21.6. The highest BCUT2D eigenvalue weighted by atomic mass is 16.4. The molecule has 0 unspecified atom stereocenters. The van der Waals surface area contributed by atoms with Gasteiger partial charge in [0, 0.05) is 11.8 Å². The maximum Gasteiger partial charge on any atom is 0.303 e. The molecule has 0 spiro atoms. The number of carbonyl (C=O) groups is 1.